The van der Waals surface area contributed by atoms with Crippen LogP contribution in [0.3, 0.4) is 0 Å². The minimum atomic E-state index is -0.677. The number of hydrogen-bond acceptors (Lipinski definition) is 8. The lowest BCUT2D eigenvalue weighted by atomic mass is 10.2. The maximum absolute atomic E-state index is 10.6. The standard InChI is InChI=1S/C27H25ClN6O3/c28-18-5-1-16(2-6-18)13-30-24-8-4-17-3-7-19(11-21(17)33-24)36-14-23-22(35)12-25(37-23)34-10-9-20-26(29)31-15-32-27(20)34/h1-11,15,22-23,25,35H,12-14H2,(H,30,33)(H2,29,31,32). The number of nitrogens with two attached hydrogens (primary N) is 1. The molecule has 188 valence electrons. The molecular weight excluding hydrogens is 492 g/mol. The first-order valence-electron chi connectivity index (χ1n) is 12.0. The molecule has 4 N–H and O–H groups in total. The summed E-state index contributed by atoms with van der Waals surface area (Å²) < 4.78 is 14.0. The highest BCUT2D eigenvalue weighted by Gasteiger charge is 2.36. The van der Waals surface area contributed by atoms with Crippen molar-refractivity contribution in [2.75, 3.05) is 17.7 Å². The van der Waals surface area contributed by atoms with Crippen LogP contribution in [0.2, 0.25) is 5.02 Å². The predicted octanol–water partition coefficient (Wildman–Crippen LogP) is 4.55. The molecule has 0 spiro atoms. The highest BCUT2D eigenvalue weighted by atomic mass is 35.5. The van der Waals surface area contributed by atoms with Crippen LogP contribution in [-0.4, -0.2) is 43.4 Å². The first-order valence-corrected chi connectivity index (χ1v) is 12.3. The molecule has 9 nitrogen and oxygen atoms in total. The average molecular weight is 517 g/mol. The number of halogens is 1. The number of aliphatic hydroxyl groups is 1. The average Bonchev–Trinajstić information content (AvgIpc) is 3.51. The van der Waals surface area contributed by atoms with E-state index in [0.717, 1.165) is 27.7 Å². The lowest BCUT2D eigenvalue weighted by Crippen LogP contribution is -2.28. The van der Waals surface area contributed by atoms with Gasteiger partial charge in [-0.3, -0.25) is 0 Å². The molecule has 1 fully saturated rings. The smallest absolute Gasteiger partial charge is 0.147 e. The third-order valence-corrected chi connectivity index (χ3v) is 6.77. The van der Waals surface area contributed by atoms with Gasteiger partial charge in [-0.05, 0) is 48.0 Å². The van der Waals surface area contributed by atoms with Crippen molar-refractivity contribution in [3.63, 3.8) is 0 Å². The minimum absolute atomic E-state index is 0.202. The molecule has 1 aliphatic rings. The molecule has 5 aromatic rings. The number of hydrogen-bond donors (Lipinski definition) is 3. The number of anilines is 2. The Morgan fingerprint density at radius 2 is 1.95 bits per heavy atom. The van der Waals surface area contributed by atoms with Crippen LogP contribution in [0.4, 0.5) is 11.6 Å². The van der Waals surface area contributed by atoms with Crippen molar-refractivity contribution in [3.05, 3.63) is 83.8 Å². The van der Waals surface area contributed by atoms with Crippen LogP contribution in [0.15, 0.2) is 73.2 Å². The van der Waals surface area contributed by atoms with Crippen LogP contribution in [0.5, 0.6) is 5.75 Å². The zero-order chi connectivity index (χ0) is 25.4. The third kappa shape index (κ3) is 4.89. The molecule has 3 aromatic heterocycles. The van der Waals surface area contributed by atoms with Crippen molar-refractivity contribution < 1.29 is 14.6 Å². The second-order valence-electron chi connectivity index (χ2n) is 8.99. The van der Waals surface area contributed by atoms with Crippen molar-refractivity contribution in [1.82, 2.24) is 19.5 Å². The van der Waals surface area contributed by atoms with Gasteiger partial charge in [0.2, 0.25) is 0 Å². The van der Waals surface area contributed by atoms with Gasteiger partial charge in [-0.25, -0.2) is 15.0 Å². The largest absolute Gasteiger partial charge is 0.491 e. The summed E-state index contributed by atoms with van der Waals surface area (Å²) in [5.74, 6) is 1.83. The summed E-state index contributed by atoms with van der Waals surface area (Å²) in [5, 5.41) is 16.4. The van der Waals surface area contributed by atoms with Gasteiger partial charge in [-0.2, -0.15) is 0 Å². The molecule has 3 unspecified atom stereocenters. The van der Waals surface area contributed by atoms with Gasteiger partial charge in [-0.1, -0.05) is 23.7 Å². The monoisotopic (exact) mass is 516 g/mol. The van der Waals surface area contributed by atoms with Gasteiger partial charge in [0.1, 0.15) is 48.3 Å². The molecule has 10 heteroatoms. The number of fused-ring (bicyclic) bond motifs is 2. The molecule has 1 saturated heterocycles. The number of nitrogens with one attached hydrogen (secondary N) is 1. The fourth-order valence-corrected chi connectivity index (χ4v) is 4.64. The van der Waals surface area contributed by atoms with Crippen molar-refractivity contribution >= 4 is 45.2 Å². The molecule has 0 aliphatic carbocycles. The van der Waals surface area contributed by atoms with Crippen LogP contribution in [0.1, 0.15) is 18.2 Å². The minimum Gasteiger partial charge on any atom is -0.491 e. The molecule has 4 heterocycles. The van der Waals surface area contributed by atoms with Crippen molar-refractivity contribution in [2.45, 2.75) is 31.4 Å². The third-order valence-electron chi connectivity index (χ3n) is 6.52. The quantitative estimate of drug-likeness (QED) is 0.288. The van der Waals surface area contributed by atoms with E-state index in [2.05, 4.69) is 15.3 Å². The maximum atomic E-state index is 10.6. The van der Waals surface area contributed by atoms with Gasteiger partial charge >= 0.3 is 0 Å². The van der Waals surface area contributed by atoms with E-state index < -0.39 is 12.2 Å². The highest BCUT2D eigenvalue weighted by molar-refractivity contribution is 6.30. The highest BCUT2D eigenvalue weighted by Crippen LogP contribution is 2.33. The lowest BCUT2D eigenvalue weighted by molar-refractivity contribution is -0.0379. The van der Waals surface area contributed by atoms with Crippen molar-refractivity contribution in [3.8, 4) is 5.75 Å². The molecule has 0 saturated carbocycles. The molecule has 37 heavy (non-hydrogen) atoms. The fraction of sp³-hybridized carbons (Fsp3) is 0.222. The Hall–Kier alpha value is -3.92. The van der Waals surface area contributed by atoms with Gasteiger partial charge in [0.05, 0.1) is 17.0 Å². The number of pyridine rings is 1. The molecule has 0 bridgehead atoms. The predicted molar refractivity (Wildman–Crippen MR) is 142 cm³/mol. The number of nitrogen functional groups attached to an aromatic ring is 1. The number of ether oxygens (including phenoxy) is 2. The lowest BCUT2D eigenvalue weighted by Gasteiger charge is -2.17. The topological polar surface area (TPSA) is 120 Å². The summed E-state index contributed by atoms with van der Waals surface area (Å²) in [7, 11) is 0. The normalized spacial score (nSPS) is 19.5. The Morgan fingerprint density at radius 1 is 1.11 bits per heavy atom. The van der Waals surface area contributed by atoms with E-state index in [0.29, 0.717) is 35.2 Å². The van der Waals surface area contributed by atoms with Crippen LogP contribution < -0.4 is 15.8 Å². The Balaban J connectivity index is 1.11. The second-order valence-corrected chi connectivity index (χ2v) is 9.43. The second kappa shape index (κ2) is 9.85. The Labute approximate surface area is 217 Å². The van der Waals surface area contributed by atoms with E-state index in [9.17, 15) is 5.11 Å². The van der Waals surface area contributed by atoms with Crippen molar-refractivity contribution in [2.24, 2.45) is 0 Å². The van der Waals surface area contributed by atoms with E-state index in [1.54, 1.807) is 0 Å². The maximum Gasteiger partial charge on any atom is 0.147 e. The first-order chi connectivity index (χ1) is 18.0. The van der Waals surface area contributed by atoms with Gasteiger partial charge in [0, 0.05) is 35.6 Å². The number of rotatable bonds is 7. The zero-order valence-corrected chi connectivity index (χ0v) is 20.5. The van der Waals surface area contributed by atoms with Crippen LogP contribution in [0, 0.1) is 0 Å². The van der Waals surface area contributed by atoms with Gasteiger partial charge in [-0.15, -0.1) is 0 Å². The van der Waals surface area contributed by atoms with Crippen LogP contribution in [0.25, 0.3) is 21.9 Å². The molecule has 3 atom stereocenters. The molecule has 1 aliphatic heterocycles. The zero-order valence-electron chi connectivity index (χ0n) is 19.8. The van der Waals surface area contributed by atoms with E-state index >= 15 is 0 Å². The Bertz CT molecular complexity index is 1560. The molecule has 6 rings (SSSR count). The van der Waals surface area contributed by atoms with Crippen LogP contribution in [-0.2, 0) is 11.3 Å². The number of aliphatic hydroxyl groups excluding tert-OH is 1. The summed E-state index contributed by atoms with van der Waals surface area (Å²) in [6.07, 6.45) is 2.16. The van der Waals surface area contributed by atoms with E-state index in [1.165, 1.54) is 6.33 Å². The summed E-state index contributed by atoms with van der Waals surface area (Å²) in [4.78, 5) is 13.1. The Kier molecular flexibility index (Phi) is 6.25. The summed E-state index contributed by atoms with van der Waals surface area (Å²) in [6, 6.07) is 19.3. The molecule has 0 amide bonds. The Morgan fingerprint density at radius 3 is 2.81 bits per heavy atom. The van der Waals surface area contributed by atoms with E-state index in [1.807, 2.05) is 71.4 Å². The first kappa shape index (κ1) is 23.5. The summed E-state index contributed by atoms with van der Waals surface area (Å²) >= 11 is 5.96. The van der Waals surface area contributed by atoms with Crippen LogP contribution >= 0.6 is 11.6 Å². The molecule has 0 radical (unpaired) electrons. The SMILES string of the molecule is Nc1ncnc2c1ccn2C1CC(O)C(COc2ccc3ccc(NCc4ccc(Cl)cc4)nc3c2)O1. The molecule has 2 aromatic carbocycles. The van der Waals surface area contributed by atoms with Gasteiger partial charge in [0.25, 0.3) is 0 Å². The summed E-state index contributed by atoms with van der Waals surface area (Å²) in [5.41, 5.74) is 8.54. The number of aromatic nitrogens is 4. The van der Waals surface area contributed by atoms with Gasteiger partial charge in [0.15, 0.2) is 0 Å². The van der Waals surface area contributed by atoms with E-state index in [-0.39, 0.29) is 12.8 Å². The van der Waals surface area contributed by atoms with E-state index in [4.69, 9.17) is 31.8 Å². The van der Waals surface area contributed by atoms with Gasteiger partial charge < -0.3 is 30.2 Å². The fourth-order valence-electron chi connectivity index (χ4n) is 4.52. The van der Waals surface area contributed by atoms with Crippen molar-refractivity contribution in [1.29, 1.82) is 0 Å². The molecular formula is C27H25ClN6O3. The summed E-state index contributed by atoms with van der Waals surface area (Å²) in [6.45, 7) is 0.841. The number of nitrogens with zero attached hydrogens (tertiary/aromatic N) is 4. The number of benzene rings is 2.